The van der Waals surface area contributed by atoms with Crippen molar-refractivity contribution >= 4 is 17.5 Å². The molecule has 0 aromatic heterocycles. The summed E-state index contributed by atoms with van der Waals surface area (Å²) < 4.78 is 0. The predicted octanol–water partition coefficient (Wildman–Crippen LogP) is 2.64. The van der Waals surface area contributed by atoms with Crippen LogP contribution in [0.1, 0.15) is 33.3 Å². The molecule has 0 fully saturated rings. The van der Waals surface area contributed by atoms with Crippen molar-refractivity contribution in [1.82, 2.24) is 5.32 Å². The van der Waals surface area contributed by atoms with Crippen molar-refractivity contribution in [2.75, 3.05) is 18.0 Å². The fourth-order valence-corrected chi connectivity index (χ4v) is 1.91. The highest BCUT2D eigenvalue weighted by Crippen LogP contribution is 2.24. The quantitative estimate of drug-likeness (QED) is 0.847. The van der Waals surface area contributed by atoms with Gasteiger partial charge < -0.3 is 10.2 Å². The highest BCUT2D eigenvalue weighted by atomic mass is 16.2. The molecule has 1 rings (SSSR count). The van der Waals surface area contributed by atoms with E-state index in [4.69, 9.17) is 0 Å². The van der Waals surface area contributed by atoms with Crippen LogP contribution in [0, 0.1) is 0 Å². The number of anilines is 1. The number of amides is 2. The third-order valence-corrected chi connectivity index (χ3v) is 3.17. The van der Waals surface area contributed by atoms with E-state index in [0.717, 1.165) is 5.69 Å². The van der Waals surface area contributed by atoms with Crippen LogP contribution in [0.2, 0.25) is 0 Å². The van der Waals surface area contributed by atoms with Gasteiger partial charge in [-0.05, 0) is 23.1 Å². The molecule has 0 aliphatic carbocycles. The van der Waals surface area contributed by atoms with Crippen LogP contribution < -0.4 is 10.2 Å². The SMILES string of the molecule is C=CCNC(=O)CN(C(C)=O)c1ccc(C(C)(C)C)cc1. The van der Waals surface area contributed by atoms with Gasteiger partial charge >= 0.3 is 0 Å². The summed E-state index contributed by atoms with van der Waals surface area (Å²) in [6.07, 6.45) is 1.61. The number of nitrogens with zero attached hydrogens (tertiary/aromatic N) is 1. The summed E-state index contributed by atoms with van der Waals surface area (Å²) in [4.78, 5) is 25.0. The van der Waals surface area contributed by atoms with Gasteiger partial charge in [0.2, 0.25) is 11.8 Å². The van der Waals surface area contributed by atoms with Crippen LogP contribution in [0.5, 0.6) is 0 Å². The van der Waals surface area contributed by atoms with Gasteiger partial charge in [-0.3, -0.25) is 9.59 Å². The molecule has 0 saturated heterocycles. The van der Waals surface area contributed by atoms with Crippen LogP contribution in [0.15, 0.2) is 36.9 Å². The van der Waals surface area contributed by atoms with Gasteiger partial charge in [0.1, 0.15) is 6.54 Å². The van der Waals surface area contributed by atoms with Gasteiger partial charge in [-0.15, -0.1) is 6.58 Å². The van der Waals surface area contributed by atoms with E-state index >= 15 is 0 Å². The standard InChI is InChI=1S/C17H24N2O2/c1-6-11-18-16(21)12-19(13(2)20)15-9-7-14(8-10-15)17(3,4)5/h6-10H,1,11-12H2,2-5H3,(H,18,21). The van der Waals surface area contributed by atoms with Crippen LogP contribution >= 0.6 is 0 Å². The number of carbonyl (C=O) groups excluding carboxylic acids is 2. The van der Waals surface area contributed by atoms with E-state index in [1.54, 1.807) is 6.08 Å². The number of hydrogen-bond acceptors (Lipinski definition) is 2. The Labute approximate surface area is 126 Å². The molecule has 0 aliphatic heterocycles. The lowest BCUT2D eigenvalue weighted by Gasteiger charge is -2.23. The molecule has 21 heavy (non-hydrogen) atoms. The molecular formula is C17H24N2O2. The zero-order valence-corrected chi connectivity index (χ0v) is 13.3. The Bertz CT molecular complexity index is 513. The predicted molar refractivity (Wildman–Crippen MR) is 86.4 cm³/mol. The molecule has 4 nitrogen and oxygen atoms in total. The second-order valence-corrected chi connectivity index (χ2v) is 5.99. The van der Waals surface area contributed by atoms with Gasteiger partial charge in [0.15, 0.2) is 0 Å². The molecule has 1 aromatic rings. The molecule has 4 heteroatoms. The van der Waals surface area contributed by atoms with E-state index < -0.39 is 0 Å². The van der Waals surface area contributed by atoms with Crippen molar-refractivity contribution in [2.24, 2.45) is 0 Å². The Kier molecular flexibility index (Phi) is 5.70. The summed E-state index contributed by atoms with van der Waals surface area (Å²) in [7, 11) is 0. The summed E-state index contributed by atoms with van der Waals surface area (Å²) >= 11 is 0. The van der Waals surface area contributed by atoms with E-state index in [1.165, 1.54) is 17.4 Å². The maximum atomic E-state index is 11.8. The number of rotatable bonds is 5. The first-order valence-electron chi connectivity index (χ1n) is 7.02. The minimum absolute atomic E-state index is 0.0119. The van der Waals surface area contributed by atoms with E-state index in [0.29, 0.717) is 6.54 Å². The average Bonchev–Trinajstić information content (AvgIpc) is 2.41. The molecule has 0 radical (unpaired) electrons. The van der Waals surface area contributed by atoms with E-state index in [2.05, 4.69) is 32.7 Å². The summed E-state index contributed by atoms with van der Waals surface area (Å²) in [6.45, 7) is 11.8. The maximum Gasteiger partial charge on any atom is 0.240 e. The van der Waals surface area contributed by atoms with Crippen LogP contribution in [0.25, 0.3) is 0 Å². The lowest BCUT2D eigenvalue weighted by molar-refractivity contribution is -0.122. The van der Waals surface area contributed by atoms with Crippen molar-refractivity contribution in [3.8, 4) is 0 Å². The first-order valence-corrected chi connectivity index (χ1v) is 7.02. The molecule has 1 N–H and O–H groups in total. The van der Waals surface area contributed by atoms with Gasteiger partial charge in [-0.2, -0.15) is 0 Å². The number of carbonyl (C=O) groups is 2. The van der Waals surface area contributed by atoms with Crippen LogP contribution in [-0.2, 0) is 15.0 Å². The Balaban J connectivity index is 2.89. The topological polar surface area (TPSA) is 49.4 Å². The molecule has 1 aromatic carbocycles. The average molecular weight is 288 g/mol. The zero-order valence-electron chi connectivity index (χ0n) is 13.3. The van der Waals surface area contributed by atoms with Gasteiger partial charge in [0.25, 0.3) is 0 Å². The van der Waals surface area contributed by atoms with Gasteiger partial charge in [0.05, 0.1) is 0 Å². The Hall–Kier alpha value is -2.10. The molecule has 0 spiro atoms. The Morgan fingerprint density at radius 1 is 1.24 bits per heavy atom. The lowest BCUT2D eigenvalue weighted by atomic mass is 9.87. The summed E-state index contributed by atoms with van der Waals surface area (Å²) in [5.41, 5.74) is 1.97. The molecule has 0 saturated carbocycles. The fraction of sp³-hybridized carbons (Fsp3) is 0.412. The molecule has 0 bridgehead atoms. The maximum absolute atomic E-state index is 11.8. The lowest BCUT2D eigenvalue weighted by Crippen LogP contribution is -2.39. The van der Waals surface area contributed by atoms with Crippen molar-refractivity contribution in [3.63, 3.8) is 0 Å². The first kappa shape index (κ1) is 17.0. The third kappa shape index (κ3) is 5.06. The molecule has 114 valence electrons. The van der Waals surface area contributed by atoms with Crippen molar-refractivity contribution in [3.05, 3.63) is 42.5 Å². The summed E-state index contributed by atoms with van der Waals surface area (Å²) in [6, 6.07) is 7.74. The monoisotopic (exact) mass is 288 g/mol. The van der Waals surface area contributed by atoms with E-state index in [9.17, 15) is 9.59 Å². The molecule has 0 heterocycles. The molecule has 2 amide bonds. The van der Waals surface area contributed by atoms with Crippen LogP contribution in [-0.4, -0.2) is 24.9 Å². The smallest absolute Gasteiger partial charge is 0.240 e. The number of nitrogens with one attached hydrogen (secondary N) is 1. The Morgan fingerprint density at radius 2 is 1.81 bits per heavy atom. The summed E-state index contributed by atoms with van der Waals surface area (Å²) in [5.74, 6) is -0.364. The van der Waals surface area contributed by atoms with Gasteiger partial charge in [0, 0.05) is 19.2 Å². The van der Waals surface area contributed by atoms with Crippen molar-refractivity contribution in [2.45, 2.75) is 33.1 Å². The molecular weight excluding hydrogens is 264 g/mol. The molecule has 0 atom stereocenters. The van der Waals surface area contributed by atoms with Crippen molar-refractivity contribution in [1.29, 1.82) is 0 Å². The number of hydrogen-bond donors (Lipinski definition) is 1. The third-order valence-electron chi connectivity index (χ3n) is 3.17. The minimum Gasteiger partial charge on any atom is -0.351 e. The second-order valence-electron chi connectivity index (χ2n) is 5.99. The zero-order chi connectivity index (χ0) is 16.0. The highest BCUT2D eigenvalue weighted by molar-refractivity contribution is 5.97. The van der Waals surface area contributed by atoms with Gasteiger partial charge in [-0.1, -0.05) is 39.0 Å². The number of benzene rings is 1. The summed E-state index contributed by atoms with van der Waals surface area (Å²) in [5, 5.41) is 2.67. The van der Waals surface area contributed by atoms with Gasteiger partial charge in [-0.25, -0.2) is 0 Å². The normalized spacial score (nSPS) is 10.9. The molecule has 0 unspecified atom stereocenters. The van der Waals surface area contributed by atoms with E-state index in [1.807, 2.05) is 24.3 Å². The fourth-order valence-electron chi connectivity index (χ4n) is 1.91. The molecule has 0 aliphatic rings. The van der Waals surface area contributed by atoms with Crippen LogP contribution in [0.4, 0.5) is 5.69 Å². The van der Waals surface area contributed by atoms with E-state index in [-0.39, 0.29) is 23.8 Å². The second kappa shape index (κ2) is 7.07. The van der Waals surface area contributed by atoms with Crippen LogP contribution in [0.3, 0.4) is 0 Å². The largest absolute Gasteiger partial charge is 0.351 e. The highest BCUT2D eigenvalue weighted by Gasteiger charge is 2.17. The minimum atomic E-state index is -0.204. The van der Waals surface area contributed by atoms with Crippen molar-refractivity contribution < 1.29 is 9.59 Å². The Morgan fingerprint density at radius 3 is 2.24 bits per heavy atom. The first-order chi connectivity index (χ1) is 9.75.